The van der Waals surface area contributed by atoms with Crippen LogP contribution < -0.4 is 0 Å². The van der Waals surface area contributed by atoms with Gasteiger partial charge in [0.2, 0.25) is 0 Å². The van der Waals surface area contributed by atoms with Crippen molar-refractivity contribution in [3.05, 3.63) is 11.2 Å². The second-order valence-corrected chi connectivity index (χ2v) is 6.90. The molecule has 8 heteroatoms. The van der Waals surface area contributed by atoms with Crippen LogP contribution in [-0.4, -0.2) is 41.0 Å². The van der Waals surface area contributed by atoms with Crippen LogP contribution in [0.25, 0.3) is 0 Å². The first-order chi connectivity index (χ1) is 7.93. The van der Waals surface area contributed by atoms with Crippen molar-refractivity contribution in [3.63, 3.8) is 0 Å². The van der Waals surface area contributed by atoms with Crippen LogP contribution in [0, 0.1) is 0 Å². The molecule has 2 heterocycles. The fraction of sp³-hybridized carbons (Fsp3) is 0.667. The van der Waals surface area contributed by atoms with Crippen LogP contribution in [0.3, 0.4) is 0 Å². The van der Waals surface area contributed by atoms with Crippen LogP contribution in [0.2, 0.25) is 5.02 Å². The lowest BCUT2D eigenvalue weighted by Gasteiger charge is -2.28. The molecule has 5 nitrogen and oxygen atoms in total. The highest BCUT2D eigenvalue weighted by Gasteiger charge is 2.33. The molecule has 2 rings (SSSR count). The Morgan fingerprint density at radius 1 is 1.53 bits per heavy atom. The summed E-state index contributed by atoms with van der Waals surface area (Å²) in [5.41, 5.74) is 0. The highest BCUT2D eigenvalue weighted by Crippen LogP contribution is 2.27. The van der Waals surface area contributed by atoms with Crippen molar-refractivity contribution >= 4 is 33.2 Å². The van der Waals surface area contributed by atoms with Gasteiger partial charge < -0.3 is 0 Å². The van der Waals surface area contributed by atoms with Crippen molar-refractivity contribution in [2.24, 2.45) is 7.05 Å². The Kier molecular flexibility index (Phi) is 3.68. The van der Waals surface area contributed by atoms with Crippen LogP contribution in [0.5, 0.6) is 0 Å². The predicted octanol–water partition coefficient (Wildman–Crippen LogP) is 1.47. The molecule has 0 spiro atoms. The minimum atomic E-state index is -3.60. The monoisotopic (exact) mass is 297 g/mol. The van der Waals surface area contributed by atoms with E-state index in [-0.39, 0.29) is 15.4 Å². The minimum absolute atomic E-state index is 0.0323. The third kappa shape index (κ3) is 2.45. The molecule has 1 aromatic heterocycles. The maximum atomic E-state index is 12.4. The fourth-order valence-corrected chi connectivity index (χ4v) is 4.45. The number of hydrogen-bond donors (Lipinski definition) is 0. The number of sulfonamides is 1. The highest BCUT2D eigenvalue weighted by atomic mass is 35.5. The van der Waals surface area contributed by atoms with Crippen molar-refractivity contribution in [1.82, 2.24) is 14.1 Å². The van der Waals surface area contributed by atoms with Gasteiger partial charge in [0.05, 0.1) is 11.2 Å². The van der Waals surface area contributed by atoms with Gasteiger partial charge in [0.1, 0.15) is 0 Å². The quantitative estimate of drug-likeness (QED) is 0.777. The first-order valence-corrected chi connectivity index (χ1v) is 7.50. The van der Waals surface area contributed by atoms with E-state index in [2.05, 4.69) is 5.10 Å². The van der Waals surface area contributed by atoms with E-state index in [1.54, 1.807) is 7.05 Å². The molecule has 0 N–H and O–H groups in total. The molecule has 1 saturated heterocycles. The Morgan fingerprint density at radius 3 is 2.76 bits per heavy atom. The molecule has 0 aromatic carbocycles. The van der Waals surface area contributed by atoms with Gasteiger partial charge in [-0.3, -0.25) is 4.68 Å². The molecular weight excluding hydrogens is 285 g/mol. The molecule has 0 aliphatic carbocycles. The van der Waals surface area contributed by atoms with Crippen molar-refractivity contribution < 1.29 is 8.42 Å². The van der Waals surface area contributed by atoms with Crippen LogP contribution in [-0.2, 0) is 17.1 Å². The zero-order valence-electron chi connectivity index (χ0n) is 9.31. The summed E-state index contributed by atoms with van der Waals surface area (Å²) in [7, 11) is -2.04. The van der Waals surface area contributed by atoms with Crippen LogP contribution in [0.15, 0.2) is 11.2 Å². The lowest BCUT2D eigenvalue weighted by Crippen LogP contribution is -2.41. The van der Waals surface area contributed by atoms with Crippen LogP contribution in [0.4, 0.5) is 0 Å². The summed E-state index contributed by atoms with van der Waals surface area (Å²) in [6, 6.07) is 0. The molecule has 17 heavy (non-hydrogen) atoms. The molecule has 0 bridgehead atoms. The summed E-state index contributed by atoms with van der Waals surface area (Å²) in [5, 5.41) is 3.88. The van der Waals surface area contributed by atoms with E-state index < -0.39 is 10.0 Å². The second-order valence-electron chi connectivity index (χ2n) is 4.02. The number of alkyl halides is 1. The summed E-state index contributed by atoms with van der Waals surface area (Å²) in [4.78, 5) is 0. The third-order valence-electron chi connectivity index (χ3n) is 2.75. The average molecular weight is 298 g/mol. The van der Waals surface area contributed by atoms with Crippen molar-refractivity contribution in [2.45, 2.75) is 23.2 Å². The van der Waals surface area contributed by atoms with E-state index >= 15 is 0 Å². The van der Waals surface area contributed by atoms with Gasteiger partial charge in [-0.1, -0.05) is 11.6 Å². The normalized spacial score (nSPS) is 22.9. The van der Waals surface area contributed by atoms with Gasteiger partial charge >= 0.3 is 0 Å². The molecule has 1 aliphatic heterocycles. The number of aryl methyl sites for hydroxylation is 1. The van der Waals surface area contributed by atoms with Gasteiger partial charge in [-0.25, -0.2) is 8.42 Å². The summed E-state index contributed by atoms with van der Waals surface area (Å²) < 4.78 is 27.4. The fourth-order valence-electron chi connectivity index (χ4n) is 1.92. The highest BCUT2D eigenvalue weighted by molar-refractivity contribution is 7.89. The molecule has 96 valence electrons. The Morgan fingerprint density at radius 2 is 2.24 bits per heavy atom. The van der Waals surface area contributed by atoms with Crippen molar-refractivity contribution in [3.8, 4) is 0 Å². The largest absolute Gasteiger partial charge is 0.261 e. The first-order valence-electron chi connectivity index (χ1n) is 5.24. The van der Waals surface area contributed by atoms with E-state index in [9.17, 15) is 8.42 Å². The molecule has 1 atom stereocenters. The zero-order chi connectivity index (χ0) is 12.6. The molecule has 0 saturated carbocycles. The number of halogens is 2. The standard InChI is InChI=1S/C9H13Cl2N3O2S/c1-13-9(8(11)5-12-13)17(15,16)14-4-2-3-7(10)6-14/h5,7H,2-4,6H2,1H3. The summed E-state index contributed by atoms with van der Waals surface area (Å²) in [6.45, 7) is 0.804. The van der Waals surface area contributed by atoms with E-state index in [1.165, 1.54) is 15.2 Å². The molecule has 0 amide bonds. The Labute approximate surface area is 110 Å². The van der Waals surface area contributed by atoms with Gasteiger partial charge in [-0.2, -0.15) is 9.40 Å². The van der Waals surface area contributed by atoms with Gasteiger partial charge in [-0.15, -0.1) is 11.6 Å². The van der Waals surface area contributed by atoms with Gasteiger partial charge in [-0.05, 0) is 12.8 Å². The van der Waals surface area contributed by atoms with Crippen LogP contribution >= 0.6 is 23.2 Å². The lowest BCUT2D eigenvalue weighted by atomic mass is 10.2. The molecule has 1 aliphatic rings. The number of nitrogens with zero attached hydrogens (tertiary/aromatic N) is 3. The third-order valence-corrected chi connectivity index (χ3v) is 5.48. The Hall–Kier alpha value is -0.300. The lowest BCUT2D eigenvalue weighted by molar-refractivity contribution is 0.347. The number of hydrogen-bond acceptors (Lipinski definition) is 3. The summed E-state index contributed by atoms with van der Waals surface area (Å²) in [6.07, 6.45) is 2.94. The predicted molar refractivity (Wildman–Crippen MR) is 65.9 cm³/mol. The maximum Gasteiger partial charge on any atom is 0.261 e. The molecule has 1 unspecified atom stereocenters. The Balaban J connectivity index is 2.36. The number of rotatable bonds is 2. The molecule has 1 fully saturated rings. The molecular formula is C9H13Cl2N3O2S. The zero-order valence-corrected chi connectivity index (χ0v) is 11.6. The van der Waals surface area contributed by atoms with E-state index in [0.29, 0.717) is 13.1 Å². The molecule has 0 radical (unpaired) electrons. The number of piperidine rings is 1. The summed E-state index contributed by atoms with van der Waals surface area (Å²) >= 11 is 11.9. The smallest absolute Gasteiger partial charge is 0.255 e. The minimum Gasteiger partial charge on any atom is -0.255 e. The SMILES string of the molecule is Cn1ncc(Cl)c1S(=O)(=O)N1CCCC(Cl)C1. The first kappa shape index (κ1) is 13.1. The Bertz CT molecular complexity index is 495. The average Bonchev–Trinajstić information content (AvgIpc) is 2.59. The maximum absolute atomic E-state index is 12.4. The van der Waals surface area contributed by atoms with Crippen molar-refractivity contribution in [1.29, 1.82) is 0 Å². The summed E-state index contributed by atoms with van der Waals surface area (Å²) in [5.74, 6) is 0. The second kappa shape index (κ2) is 4.76. The van der Waals surface area contributed by atoms with E-state index in [4.69, 9.17) is 23.2 Å². The van der Waals surface area contributed by atoms with E-state index in [0.717, 1.165) is 12.8 Å². The number of aromatic nitrogens is 2. The van der Waals surface area contributed by atoms with E-state index in [1.807, 2.05) is 0 Å². The van der Waals surface area contributed by atoms with Gasteiger partial charge in [0.25, 0.3) is 10.0 Å². The van der Waals surface area contributed by atoms with Gasteiger partial charge in [0.15, 0.2) is 5.03 Å². The van der Waals surface area contributed by atoms with Crippen LogP contribution in [0.1, 0.15) is 12.8 Å². The molecule has 1 aromatic rings. The van der Waals surface area contributed by atoms with Crippen molar-refractivity contribution in [2.75, 3.05) is 13.1 Å². The van der Waals surface area contributed by atoms with Gasteiger partial charge in [0, 0.05) is 25.5 Å². The topological polar surface area (TPSA) is 55.2 Å².